The number of carbonyl (C=O) groups is 1. The fourth-order valence-electron chi connectivity index (χ4n) is 4.36. The van der Waals surface area contributed by atoms with Crippen molar-refractivity contribution >= 4 is 42.8 Å². The number of alkyl halides is 1. The van der Waals surface area contributed by atoms with E-state index in [2.05, 4.69) is 26.0 Å². The minimum absolute atomic E-state index is 0.0480. The molecule has 198 valence electrons. The van der Waals surface area contributed by atoms with Crippen molar-refractivity contribution in [3.8, 4) is 22.5 Å². The monoisotopic (exact) mass is 606 g/mol. The molecular formula is C28H23BrN4O5S. The summed E-state index contributed by atoms with van der Waals surface area (Å²) in [6.07, 6.45) is 2.51. The fraction of sp³-hybridized carbons (Fsp3) is 0.143. The quantitative estimate of drug-likeness (QED) is 0.195. The SMILES string of the molecule is CCOC(=O)c1nn(-c2ccccc2CBr)c2c(=O)n(-c3ccc(-c4ccccc4S(C)(=O)=O)cc3)cnc12. The van der Waals surface area contributed by atoms with Gasteiger partial charge in [-0.05, 0) is 42.3 Å². The number of fused-ring (bicyclic) bond motifs is 1. The molecule has 3 aromatic carbocycles. The molecule has 39 heavy (non-hydrogen) atoms. The van der Waals surface area contributed by atoms with Crippen LogP contribution in [0.3, 0.4) is 0 Å². The highest BCUT2D eigenvalue weighted by molar-refractivity contribution is 9.08. The second kappa shape index (κ2) is 10.6. The van der Waals surface area contributed by atoms with Crippen molar-refractivity contribution in [2.75, 3.05) is 12.9 Å². The maximum Gasteiger partial charge on any atom is 0.361 e. The number of carbonyl (C=O) groups excluding carboxylic acids is 1. The number of nitrogens with zero attached hydrogens (tertiary/aromatic N) is 4. The summed E-state index contributed by atoms with van der Waals surface area (Å²) in [6.45, 7) is 1.84. The zero-order valence-electron chi connectivity index (χ0n) is 21.0. The van der Waals surface area contributed by atoms with Gasteiger partial charge in [-0.3, -0.25) is 9.36 Å². The summed E-state index contributed by atoms with van der Waals surface area (Å²) in [5.74, 6) is -0.670. The van der Waals surface area contributed by atoms with Crippen LogP contribution in [-0.2, 0) is 19.9 Å². The lowest BCUT2D eigenvalue weighted by atomic mass is 10.1. The van der Waals surface area contributed by atoms with Crippen LogP contribution >= 0.6 is 15.9 Å². The molecule has 9 nitrogen and oxygen atoms in total. The van der Waals surface area contributed by atoms with E-state index in [4.69, 9.17) is 4.74 Å². The lowest BCUT2D eigenvalue weighted by Crippen LogP contribution is -2.21. The number of sulfone groups is 1. The van der Waals surface area contributed by atoms with Crippen LogP contribution in [0, 0.1) is 0 Å². The first kappa shape index (κ1) is 26.5. The molecular weight excluding hydrogens is 584 g/mol. The van der Waals surface area contributed by atoms with E-state index in [0.29, 0.717) is 27.8 Å². The maximum absolute atomic E-state index is 13.9. The molecule has 2 heterocycles. The number of hydrogen-bond acceptors (Lipinski definition) is 7. The number of benzene rings is 3. The molecule has 2 aromatic heterocycles. The summed E-state index contributed by atoms with van der Waals surface area (Å²) in [7, 11) is -3.44. The molecule has 0 fully saturated rings. The predicted molar refractivity (Wildman–Crippen MR) is 152 cm³/mol. The Kier molecular flexibility index (Phi) is 7.19. The van der Waals surface area contributed by atoms with Crippen LogP contribution in [0.4, 0.5) is 0 Å². The zero-order chi connectivity index (χ0) is 27.7. The summed E-state index contributed by atoms with van der Waals surface area (Å²) >= 11 is 3.47. The number of halogens is 1. The Bertz CT molecular complexity index is 1880. The van der Waals surface area contributed by atoms with Crippen LogP contribution in [-0.4, -0.2) is 46.6 Å². The Hall–Kier alpha value is -4.09. The summed E-state index contributed by atoms with van der Waals surface area (Å²) in [6, 6.07) is 21.1. The molecule has 0 spiro atoms. The molecule has 0 atom stereocenters. The third-order valence-electron chi connectivity index (χ3n) is 6.16. The van der Waals surface area contributed by atoms with Crippen LogP contribution in [0.25, 0.3) is 33.5 Å². The molecule has 5 aromatic rings. The molecule has 0 radical (unpaired) electrons. The number of rotatable bonds is 7. The second-order valence-electron chi connectivity index (χ2n) is 8.68. The Labute approximate surface area is 232 Å². The van der Waals surface area contributed by atoms with Gasteiger partial charge in [0.1, 0.15) is 11.8 Å². The average Bonchev–Trinajstić information content (AvgIpc) is 3.33. The Balaban J connectivity index is 1.68. The lowest BCUT2D eigenvalue weighted by Gasteiger charge is -2.11. The molecule has 0 aliphatic carbocycles. The van der Waals surface area contributed by atoms with Crippen LogP contribution in [0.5, 0.6) is 0 Å². The second-order valence-corrected chi connectivity index (χ2v) is 11.2. The van der Waals surface area contributed by atoms with Gasteiger partial charge < -0.3 is 4.74 Å². The van der Waals surface area contributed by atoms with Gasteiger partial charge in [-0.25, -0.2) is 22.9 Å². The molecule has 0 unspecified atom stereocenters. The van der Waals surface area contributed by atoms with Crippen LogP contribution in [0.1, 0.15) is 23.0 Å². The van der Waals surface area contributed by atoms with Crippen LogP contribution in [0.2, 0.25) is 0 Å². The number of esters is 1. The van der Waals surface area contributed by atoms with E-state index in [-0.39, 0.29) is 28.2 Å². The van der Waals surface area contributed by atoms with Crippen molar-refractivity contribution in [3.63, 3.8) is 0 Å². The van der Waals surface area contributed by atoms with Gasteiger partial charge in [0, 0.05) is 17.1 Å². The van der Waals surface area contributed by atoms with Gasteiger partial charge in [-0.2, -0.15) is 5.10 Å². The first-order valence-corrected chi connectivity index (χ1v) is 15.0. The molecule has 0 saturated carbocycles. The van der Waals surface area contributed by atoms with E-state index in [0.717, 1.165) is 5.56 Å². The largest absolute Gasteiger partial charge is 0.461 e. The molecule has 5 rings (SSSR count). The highest BCUT2D eigenvalue weighted by Crippen LogP contribution is 2.28. The molecule has 11 heteroatoms. The molecule has 0 amide bonds. The minimum atomic E-state index is -3.44. The van der Waals surface area contributed by atoms with Gasteiger partial charge in [0.05, 0.1) is 22.9 Å². The maximum atomic E-state index is 13.9. The first-order chi connectivity index (χ1) is 18.7. The van der Waals surface area contributed by atoms with Gasteiger partial charge in [-0.15, -0.1) is 0 Å². The van der Waals surface area contributed by atoms with Crippen LogP contribution < -0.4 is 5.56 Å². The number of hydrogen-bond donors (Lipinski definition) is 0. The van der Waals surface area contributed by atoms with E-state index in [9.17, 15) is 18.0 Å². The predicted octanol–water partition coefficient (Wildman–Crippen LogP) is 4.71. The van der Waals surface area contributed by atoms with E-state index in [1.807, 2.05) is 24.3 Å². The van der Waals surface area contributed by atoms with E-state index >= 15 is 0 Å². The van der Waals surface area contributed by atoms with Crippen molar-refractivity contribution < 1.29 is 17.9 Å². The van der Waals surface area contributed by atoms with Gasteiger partial charge in [0.2, 0.25) is 0 Å². The topological polar surface area (TPSA) is 113 Å². The van der Waals surface area contributed by atoms with Crippen molar-refractivity contribution in [1.82, 2.24) is 19.3 Å². The Morgan fingerprint density at radius 3 is 2.38 bits per heavy atom. The van der Waals surface area contributed by atoms with Gasteiger partial charge in [0.25, 0.3) is 5.56 Å². The number of para-hydroxylation sites is 1. The van der Waals surface area contributed by atoms with Gasteiger partial charge >= 0.3 is 5.97 Å². The van der Waals surface area contributed by atoms with Crippen molar-refractivity contribution in [2.24, 2.45) is 0 Å². The highest BCUT2D eigenvalue weighted by Gasteiger charge is 2.25. The molecule has 0 aliphatic rings. The van der Waals surface area contributed by atoms with E-state index in [1.165, 1.54) is 21.8 Å². The number of ether oxygens (including phenoxy) is 1. The van der Waals surface area contributed by atoms with Crippen molar-refractivity contribution in [3.05, 3.63) is 101 Å². The minimum Gasteiger partial charge on any atom is -0.461 e. The molecule has 0 bridgehead atoms. The molecule has 0 saturated heterocycles. The van der Waals surface area contributed by atoms with Crippen LogP contribution in [0.15, 0.2) is 88.8 Å². The Morgan fingerprint density at radius 2 is 1.69 bits per heavy atom. The van der Waals surface area contributed by atoms with E-state index < -0.39 is 21.4 Å². The third-order valence-corrected chi connectivity index (χ3v) is 7.92. The first-order valence-electron chi connectivity index (χ1n) is 12.0. The normalized spacial score (nSPS) is 11.6. The zero-order valence-corrected chi connectivity index (χ0v) is 23.4. The summed E-state index contributed by atoms with van der Waals surface area (Å²) in [5, 5.41) is 4.96. The van der Waals surface area contributed by atoms with Crippen molar-refractivity contribution in [1.29, 1.82) is 0 Å². The highest BCUT2D eigenvalue weighted by atomic mass is 79.9. The smallest absolute Gasteiger partial charge is 0.361 e. The number of aromatic nitrogens is 4. The lowest BCUT2D eigenvalue weighted by molar-refractivity contribution is 0.0521. The molecule has 0 aliphatic heterocycles. The van der Waals surface area contributed by atoms with Gasteiger partial charge in [0.15, 0.2) is 21.0 Å². The van der Waals surface area contributed by atoms with E-state index in [1.54, 1.807) is 55.5 Å². The summed E-state index contributed by atoms with van der Waals surface area (Å²) in [5.41, 5.74) is 3.02. The third kappa shape index (κ3) is 4.90. The van der Waals surface area contributed by atoms with Crippen molar-refractivity contribution in [2.45, 2.75) is 17.1 Å². The summed E-state index contributed by atoms with van der Waals surface area (Å²) < 4.78 is 32.5. The average molecular weight is 607 g/mol. The Morgan fingerprint density at radius 1 is 1.00 bits per heavy atom. The fourth-order valence-corrected chi connectivity index (χ4v) is 5.75. The molecule has 0 N–H and O–H groups in total. The van der Waals surface area contributed by atoms with Gasteiger partial charge in [-0.1, -0.05) is 64.5 Å². The standard InChI is InChI=1S/C28H23BrN4O5S/c1-3-38-28(35)25-24-26(33(31-25)22-10-6-4-8-19(22)16-29)27(34)32(17-30-24)20-14-12-18(13-15-20)21-9-5-7-11-23(21)39(2,36)37/h4-15,17H,3,16H2,1-2H3. The summed E-state index contributed by atoms with van der Waals surface area (Å²) in [4.78, 5) is 31.2.